The number of carboxylic acid groups (broad SMARTS) is 1. The van der Waals surface area contributed by atoms with Gasteiger partial charge in [-0.1, -0.05) is 12.1 Å². The molecule has 0 aromatic carbocycles. The normalized spacial score (nSPS) is 22.9. The van der Waals surface area contributed by atoms with Crippen LogP contribution in [0.1, 0.15) is 29.9 Å². The summed E-state index contributed by atoms with van der Waals surface area (Å²) in [5.74, 6) is -0.515. The monoisotopic (exact) mass is 279 g/mol. The number of urea groups is 1. The Kier molecular flexibility index (Phi) is 3.07. The van der Waals surface area contributed by atoms with Crippen molar-refractivity contribution in [2.45, 2.75) is 19.4 Å². The molecular weight excluding hydrogens is 262 g/mol. The maximum atomic E-state index is 12.2. The van der Waals surface area contributed by atoms with Gasteiger partial charge < -0.3 is 14.9 Å². The molecule has 8 heteroatoms. The van der Waals surface area contributed by atoms with Crippen LogP contribution in [0.2, 0.25) is 0 Å². The largest absolute Gasteiger partial charge is 0.476 e. The third-order valence-corrected chi connectivity index (χ3v) is 3.93. The molecule has 1 unspecified atom stereocenters. The van der Waals surface area contributed by atoms with Crippen LogP contribution in [0.15, 0.2) is 6.20 Å². The molecular formula is C12H17N5O3. The van der Waals surface area contributed by atoms with E-state index in [-0.39, 0.29) is 17.8 Å². The fourth-order valence-corrected chi connectivity index (χ4v) is 2.64. The average molecular weight is 279 g/mol. The number of aromatic carboxylic acids is 1. The first-order chi connectivity index (χ1) is 9.54. The van der Waals surface area contributed by atoms with Gasteiger partial charge in [0.1, 0.15) is 0 Å². The van der Waals surface area contributed by atoms with E-state index in [4.69, 9.17) is 5.11 Å². The summed E-state index contributed by atoms with van der Waals surface area (Å²) < 4.78 is 1.53. The van der Waals surface area contributed by atoms with Gasteiger partial charge in [-0.05, 0) is 12.3 Å². The van der Waals surface area contributed by atoms with Crippen LogP contribution in [0.5, 0.6) is 0 Å². The Bertz CT molecular complexity index is 537. The van der Waals surface area contributed by atoms with Crippen molar-refractivity contribution in [3.05, 3.63) is 11.9 Å². The number of likely N-dealkylation sites (tertiary alicyclic amines) is 2. The second-order valence-corrected chi connectivity index (χ2v) is 5.57. The highest BCUT2D eigenvalue weighted by molar-refractivity contribution is 5.84. The predicted octanol–water partition coefficient (Wildman–Crippen LogP) is 0.295. The van der Waals surface area contributed by atoms with Gasteiger partial charge >= 0.3 is 12.0 Å². The van der Waals surface area contributed by atoms with Gasteiger partial charge in [0.25, 0.3) is 0 Å². The maximum absolute atomic E-state index is 12.2. The number of rotatable bonds is 2. The van der Waals surface area contributed by atoms with Crippen LogP contribution < -0.4 is 0 Å². The van der Waals surface area contributed by atoms with Crippen molar-refractivity contribution < 1.29 is 14.7 Å². The maximum Gasteiger partial charge on any atom is 0.358 e. The van der Waals surface area contributed by atoms with E-state index in [1.54, 1.807) is 4.90 Å². The summed E-state index contributed by atoms with van der Waals surface area (Å²) >= 11 is 0. The summed E-state index contributed by atoms with van der Waals surface area (Å²) in [6.45, 7) is 4.92. The van der Waals surface area contributed by atoms with Gasteiger partial charge in [0.2, 0.25) is 0 Å². The molecule has 20 heavy (non-hydrogen) atoms. The Balaban J connectivity index is 1.55. The van der Waals surface area contributed by atoms with Crippen LogP contribution in [-0.2, 0) is 0 Å². The third kappa shape index (κ3) is 2.21. The minimum absolute atomic E-state index is 0.0274. The van der Waals surface area contributed by atoms with Crippen LogP contribution in [-0.4, -0.2) is 68.1 Å². The van der Waals surface area contributed by atoms with E-state index >= 15 is 0 Å². The van der Waals surface area contributed by atoms with Gasteiger partial charge in [-0.25, -0.2) is 14.3 Å². The molecule has 2 saturated heterocycles. The van der Waals surface area contributed by atoms with Gasteiger partial charge in [0.15, 0.2) is 5.69 Å². The first kappa shape index (κ1) is 12.9. The van der Waals surface area contributed by atoms with Crippen molar-refractivity contribution in [1.29, 1.82) is 0 Å². The Morgan fingerprint density at radius 3 is 2.60 bits per heavy atom. The molecule has 2 fully saturated rings. The molecule has 1 aromatic heterocycles. The molecule has 2 aliphatic heterocycles. The molecule has 0 saturated carbocycles. The summed E-state index contributed by atoms with van der Waals surface area (Å²) in [7, 11) is 0. The van der Waals surface area contributed by atoms with Gasteiger partial charge in [0.05, 0.1) is 12.2 Å². The molecule has 1 aromatic rings. The van der Waals surface area contributed by atoms with E-state index in [2.05, 4.69) is 17.2 Å². The van der Waals surface area contributed by atoms with Crippen molar-refractivity contribution in [2.24, 2.45) is 5.92 Å². The fraction of sp³-hybridized carbons (Fsp3) is 0.667. The van der Waals surface area contributed by atoms with Crippen LogP contribution in [0.25, 0.3) is 0 Å². The number of carbonyl (C=O) groups is 2. The first-order valence-corrected chi connectivity index (χ1v) is 6.73. The summed E-state index contributed by atoms with van der Waals surface area (Å²) in [6, 6.07) is 0.101. The molecule has 0 bridgehead atoms. The van der Waals surface area contributed by atoms with E-state index in [0.717, 1.165) is 19.5 Å². The molecule has 8 nitrogen and oxygen atoms in total. The highest BCUT2D eigenvalue weighted by Gasteiger charge is 2.36. The number of aromatic nitrogens is 3. The zero-order valence-corrected chi connectivity index (χ0v) is 11.3. The number of hydrogen-bond acceptors (Lipinski definition) is 4. The summed E-state index contributed by atoms with van der Waals surface area (Å²) in [5.41, 5.74) is -0.0665. The number of carbonyl (C=O) groups excluding carboxylic acids is 1. The molecule has 108 valence electrons. The van der Waals surface area contributed by atoms with E-state index in [1.165, 1.54) is 10.9 Å². The second kappa shape index (κ2) is 4.77. The molecule has 3 rings (SSSR count). The summed E-state index contributed by atoms with van der Waals surface area (Å²) in [6.07, 6.45) is 2.47. The van der Waals surface area contributed by atoms with Gasteiger partial charge in [0, 0.05) is 26.2 Å². The van der Waals surface area contributed by atoms with Gasteiger partial charge in [-0.2, -0.15) is 0 Å². The lowest BCUT2D eigenvalue weighted by molar-refractivity contribution is 0.0689. The Morgan fingerprint density at radius 2 is 2.05 bits per heavy atom. The Morgan fingerprint density at radius 1 is 1.30 bits per heavy atom. The van der Waals surface area contributed by atoms with E-state index in [1.807, 2.05) is 4.90 Å². The number of carboxylic acids is 1. The molecule has 2 amide bonds. The number of amides is 2. The molecule has 3 heterocycles. The zero-order valence-electron chi connectivity index (χ0n) is 11.3. The van der Waals surface area contributed by atoms with Crippen molar-refractivity contribution in [3.63, 3.8) is 0 Å². The molecule has 2 aliphatic rings. The quantitative estimate of drug-likeness (QED) is 0.840. The van der Waals surface area contributed by atoms with Crippen molar-refractivity contribution >= 4 is 12.0 Å². The first-order valence-electron chi connectivity index (χ1n) is 6.73. The second-order valence-electron chi connectivity index (χ2n) is 5.57. The third-order valence-electron chi connectivity index (χ3n) is 3.93. The summed E-state index contributed by atoms with van der Waals surface area (Å²) in [4.78, 5) is 26.6. The Hall–Kier alpha value is -2.12. The topological polar surface area (TPSA) is 91.6 Å². The van der Waals surface area contributed by atoms with Crippen molar-refractivity contribution in [2.75, 3.05) is 26.2 Å². The van der Waals surface area contributed by atoms with Crippen LogP contribution in [0, 0.1) is 5.92 Å². The van der Waals surface area contributed by atoms with E-state index in [9.17, 15) is 9.59 Å². The van der Waals surface area contributed by atoms with Gasteiger partial charge in [-0.15, -0.1) is 5.10 Å². The van der Waals surface area contributed by atoms with Crippen molar-refractivity contribution in [3.8, 4) is 0 Å². The lowest BCUT2D eigenvalue weighted by Crippen LogP contribution is -2.55. The molecule has 0 radical (unpaired) electrons. The van der Waals surface area contributed by atoms with Crippen LogP contribution in [0.3, 0.4) is 0 Å². The van der Waals surface area contributed by atoms with Crippen LogP contribution in [0.4, 0.5) is 4.79 Å². The average Bonchev–Trinajstić information content (AvgIpc) is 2.96. The molecule has 1 N–H and O–H groups in total. The summed E-state index contributed by atoms with van der Waals surface area (Å²) in [5, 5.41) is 16.2. The van der Waals surface area contributed by atoms with Crippen LogP contribution >= 0.6 is 0 Å². The van der Waals surface area contributed by atoms with E-state index in [0.29, 0.717) is 19.0 Å². The molecule has 0 spiro atoms. The SMILES string of the molecule is CC1CCN(C(=O)N2CC(n3cc(C(=O)O)nn3)C2)C1. The minimum Gasteiger partial charge on any atom is -0.476 e. The predicted molar refractivity (Wildman–Crippen MR) is 68.3 cm³/mol. The molecule has 0 aliphatic carbocycles. The van der Waals surface area contributed by atoms with Gasteiger partial charge in [-0.3, -0.25) is 0 Å². The highest BCUT2D eigenvalue weighted by atomic mass is 16.4. The van der Waals surface area contributed by atoms with E-state index < -0.39 is 5.97 Å². The Labute approximate surface area is 116 Å². The molecule has 1 atom stereocenters. The standard InChI is InChI=1S/C12H17N5O3/c1-8-2-3-15(4-8)12(20)16-5-9(6-16)17-7-10(11(18)19)13-14-17/h7-9H,2-6H2,1H3,(H,18,19). The lowest BCUT2D eigenvalue weighted by Gasteiger charge is -2.40. The number of hydrogen-bond donors (Lipinski definition) is 1. The fourth-order valence-electron chi connectivity index (χ4n) is 2.64. The minimum atomic E-state index is -1.09. The zero-order chi connectivity index (χ0) is 14.3. The number of nitrogens with zero attached hydrogens (tertiary/aromatic N) is 5. The highest BCUT2D eigenvalue weighted by Crippen LogP contribution is 2.24. The lowest BCUT2D eigenvalue weighted by atomic mass is 10.1. The smallest absolute Gasteiger partial charge is 0.358 e. The van der Waals surface area contributed by atoms with Crippen molar-refractivity contribution in [1.82, 2.24) is 24.8 Å².